The summed E-state index contributed by atoms with van der Waals surface area (Å²) in [6.07, 6.45) is 0.574. The van der Waals surface area contributed by atoms with Crippen molar-refractivity contribution in [3.05, 3.63) is 22.3 Å². The van der Waals surface area contributed by atoms with E-state index in [1.165, 1.54) is 0 Å². The highest BCUT2D eigenvalue weighted by molar-refractivity contribution is 6.30. The van der Waals surface area contributed by atoms with Gasteiger partial charge in [0.25, 0.3) is 0 Å². The number of carbonyl (C=O) groups is 1. The molecule has 2 fully saturated rings. The number of ketones is 1. The maximum absolute atomic E-state index is 13.5. The average Bonchev–Trinajstić information content (AvgIpc) is 2.57. The van der Waals surface area contributed by atoms with Crippen LogP contribution in [0.25, 0.3) is 0 Å². The number of hydrogen-bond acceptors (Lipinski definition) is 2. The molecule has 6 heteroatoms. The summed E-state index contributed by atoms with van der Waals surface area (Å²) in [5, 5.41) is 11.1. The Morgan fingerprint density at radius 1 is 1.19 bits per heavy atom. The maximum atomic E-state index is 13.5. The second kappa shape index (κ2) is 6.10. The first kappa shape index (κ1) is 18.5. The second-order valence-electron chi connectivity index (χ2n) is 8.71. The predicted octanol–water partition coefficient (Wildman–Crippen LogP) is 5.15. The van der Waals surface area contributed by atoms with E-state index in [1.54, 1.807) is 0 Å². The Morgan fingerprint density at radius 3 is 2.62 bits per heavy atom. The first-order valence-electron chi connectivity index (χ1n) is 9.51. The van der Waals surface area contributed by atoms with Gasteiger partial charge in [-0.15, -0.1) is 0 Å². The van der Waals surface area contributed by atoms with Crippen molar-refractivity contribution in [1.82, 2.24) is 0 Å². The molecular weight excluding hydrogens is 365 g/mol. The highest BCUT2D eigenvalue weighted by Gasteiger charge is 2.56. The first-order chi connectivity index (χ1) is 12.1. The summed E-state index contributed by atoms with van der Waals surface area (Å²) < 4.78 is 40.4. The normalized spacial score (nSPS) is 43.4. The van der Waals surface area contributed by atoms with E-state index >= 15 is 0 Å². The van der Waals surface area contributed by atoms with Crippen LogP contribution in [0.3, 0.4) is 0 Å². The summed E-state index contributed by atoms with van der Waals surface area (Å²) in [5.74, 6) is -0.148. The number of aliphatic hydroxyl groups excluding tert-OH is 1. The Morgan fingerprint density at radius 2 is 1.92 bits per heavy atom. The van der Waals surface area contributed by atoms with E-state index in [0.717, 1.165) is 19.3 Å². The number of hydrogen-bond donors (Lipinski definition) is 1. The third-order valence-corrected chi connectivity index (χ3v) is 8.02. The van der Waals surface area contributed by atoms with Crippen LogP contribution in [-0.4, -0.2) is 23.2 Å². The molecule has 0 aromatic rings. The summed E-state index contributed by atoms with van der Waals surface area (Å²) in [4.78, 5) is 12.0. The van der Waals surface area contributed by atoms with Crippen LogP contribution in [0.1, 0.15) is 51.9 Å². The topological polar surface area (TPSA) is 37.3 Å². The SMILES string of the molecule is C[C@]12CC[C@H]3[C@@H](CCC4=C(C(F)(F)F)C(=O)CC[C@@H]43)[C@@H]1CC=C(Cl)C2O. The van der Waals surface area contributed by atoms with Gasteiger partial charge in [-0.3, -0.25) is 4.79 Å². The molecule has 0 radical (unpaired) electrons. The molecule has 1 unspecified atom stereocenters. The van der Waals surface area contributed by atoms with Gasteiger partial charge in [-0.2, -0.15) is 13.2 Å². The van der Waals surface area contributed by atoms with Gasteiger partial charge in [0.2, 0.25) is 0 Å². The number of aliphatic hydroxyl groups is 1. The van der Waals surface area contributed by atoms with Gasteiger partial charge in [-0.1, -0.05) is 30.2 Å². The van der Waals surface area contributed by atoms with Crippen molar-refractivity contribution >= 4 is 17.4 Å². The van der Waals surface area contributed by atoms with E-state index in [0.29, 0.717) is 35.8 Å². The van der Waals surface area contributed by atoms with Crippen LogP contribution in [0.4, 0.5) is 13.2 Å². The fourth-order valence-electron chi connectivity index (χ4n) is 6.42. The minimum Gasteiger partial charge on any atom is -0.387 e. The molecule has 6 atom stereocenters. The van der Waals surface area contributed by atoms with Crippen molar-refractivity contribution in [2.24, 2.45) is 29.1 Å². The zero-order valence-corrected chi connectivity index (χ0v) is 15.5. The van der Waals surface area contributed by atoms with Crippen LogP contribution in [0, 0.1) is 29.1 Å². The number of halogens is 4. The van der Waals surface area contributed by atoms with Crippen LogP contribution >= 0.6 is 11.6 Å². The van der Waals surface area contributed by atoms with Gasteiger partial charge in [-0.25, -0.2) is 0 Å². The van der Waals surface area contributed by atoms with Crippen LogP contribution in [0.5, 0.6) is 0 Å². The van der Waals surface area contributed by atoms with Crippen LogP contribution in [0.15, 0.2) is 22.3 Å². The minimum atomic E-state index is -4.54. The fraction of sp³-hybridized carbons (Fsp3) is 0.750. The van der Waals surface area contributed by atoms with E-state index in [9.17, 15) is 23.1 Å². The second-order valence-corrected chi connectivity index (χ2v) is 9.15. The summed E-state index contributed by atoms with van der Waals surface area (Å²) >= 11 is 6.19. The Hall–Kier alpha value is -0.810. The molecule has 4 aliphatic rings. The molecule has 0 aromatic carbocycles. The maximum Gasteiger partial charge on any atom is 0.419 e. The fourth-order valence-corrected chi connectivity index (χ4v) is 6.76. The van der Waals surface area contributed by atoms with E-state index < -0.39 is 23.6 Å². The van der Waals surface area contributed by atoms with Crippen molar-refractivity contribution in [3.8, 4) is 0 Å². The number of allylic oxidation sites excluding steroid dienone is 3. The Kier molecular flexibility index (Phi) is 4.35. The molecule has 0 heterocycles. The van der Waals surface area contributed by atoms with Crippen LogP contribution in [-0.2, 0) is 4.79 Å². The molecule has 4 rings (SSSR count). The summed E-state index contributed by atoms with van der Waals surface area (Å²) in [6.45, 7) is 2.07. The zero-order valence-electron chi connectivity index (χ0n) is 14.8. The monoisotopic (exact) mass is 388 g/mol. The molecule has 144 valence electrons. The number of rotatable bonds is 0. The number of alkyl halides is 3. The minimum absolute atomic E-state index is 0.00250. The summed E-state index contributed by atoms with van der Waals surface area (Å²) in [5.41, 5.74) is -0.790. The Balaban J connectivity index is 1.70. The Labute approximate surface area is 156 Å². The van der Waals surface area contributed by atoms with Gasteiger partial charge in [0.05, 0.1) is 11.7 Å². The average molecular weight is 389 g/mol. The quantitative estimate of drug-likeness (QED) is 0.622. The van der Waals surface area contributed by atoms with Crippen LogP contribution < -0.4 is 0 Å². The molecule has 26 heavy (non-hydrogen) atoms. The van der Waals surface area contributed by atoms with Gasteiger partial charge in [0.1, 0.15) is 0 Å². The third kappa shape index (κ3) is 2.61. The van der Waals surface area contributed by atoms with Crippen molar-refractivity contribution in [3.63, 3.8) is 0 Å². The number of Topliss-reactive ketones (excluding diaryl/α,β-unsaturated/α-hetero) is 1. The van der Waals surface area contributed by atoms with Crippen LogP contribution in [0.2, 0.25) is 0 Å². The van der Waals surface area contributed by atoms with E-state index in [4.69, 9.17) is 11.6 Å². The van der Waals surface area contributed by atoms with Crippen molar-refractivity contribution in [2.75, 3.05) is 0 Å². The predicted molar refractivity (Wildman–Crippen MR) is 92.4 cm³/mol. The highest BCUT2D eigenvalue weighted by atomic mass is 35.5. The van der Waals surface area contributed by atoms with E-state index in [1.807, 2.05) is 6.08 Å². The van der Waals surface area contributed by atoms with Gasteiger partial charge in [0, 0.05) is 16.9 Å². The van der Waals surface area contributed by atoms with Gasteiger partial charge in [0.15, 0.2) is 5.78 Å². The van der Waals surface area contributed by atoms with Gasteiger partial charge < -0.3 is 5.11 Å². The molecular formula is C20H24ClF3O2. The summed E-state index contributed by atoms with van der Waals surface area (Å²) in [7, 11) is 0. The molecule has 1 N–H and O–H groups in total. The van der Waals surface area contributed by atoms with Gasteiger partial charge >= 0.3 is 6.18 Å². The molecule has 0 bridgehead atoms. The largest absolute Gasteiger partial charge is 0.419 e. The molecule has 0 saturated heterocycles. The van der Waals surface area contributed by atoms with E-state index in [-0.39, 0.29) is 29.6 Å². The summed E-state index contributed by atoms with van der Waals surface area (Å²) in [6, 6.07) is 0. The number of carbonyl (C=O) groups excluding carboxylic acids is 1. The van der Waals surface area contributed by atoms with Gasteiger partial charge in [-0.05, 0) is 62.2 Å². The molecule has 0 aromatic heterocycles. The lowest BCUT2D eigenvalue weighted by atomic mass is 9.48. The zero-order chi connectivity index (χ0) is 18.9. The van der Waals surface area contributed by atoms with Crippen molar-refractivity contribution in [2.45, 2.75) is 64.1 Å². The highest BCUT2D eigenvalue weighted by Crippen LogP contribution is 2.61. The lowest BCUT2D eigenvalue weighted by Gasteiger charge is -2.57. The molecule has 4 aliphatic carbocycles. The number of fused-ring (bicyclic) bond motifs is 5. The van der Waals surface area contributed by atoms with Crippen molar-refractivity contribution in [1.29, 1.82) is 0 Å². The molecule has 0 spiro atoms. The Bertz CT molecular complexity index is 696. The van der Waals surface area contributed by atoms with Crippen molar-refractivity contribution < 1.29 is 23.1 Å². The smallest absolute Gasteiger partial charge is 0.387 e. The third-order valence-electron chi connectivity index (χ3n) is 7.66. The molecule has 0 amide bonds. The lowest BCUT2D eigenvalue weighted by Crippen LogP contribution is -2.53. The first-order valence-corrected chi connectivity index (χ1v) is 9.89. The standard InChI is InChI=1S/C20H24ClF3O2/c1-19-9-8-11-10-4-7-16(25)17(20(22,23)24)13(10)3-2-12(11)14(19)5-6-15(21)18(19)26/h6,10-12,14,18,26H,2-5,7-9H2,1H3/t10-,11-,12-,14+,18?,19+/m1/s1. The van der Waals surface area contributed by atoms with E-state index in [2.05, 4.69) is 6.92 Å². The molecule has 0 aliphatic heterocycles. The molecule has 2 saturated carbocycles. The molecule has 2 nitrogen and oxygen atoms in total. The lowest BCUT2D eigenvalue weighted by molar-refractivity contribution is -0.133.